The van der Waals surface area contributed by atoms with E-state index in [2.05, 4.69) is 32.3 Å². The van der Waals surface area contributed by atoms with Gasteiger partial charge in [-0.2, -0.15) is 0 Å². The average Bonchev–Trinajstić information content (AvgIpc) is 2.91. The van der Waals surface area contributed by atoms with Crippen molar-refractivity contribution in [3.63, 3.8) is 0 Å². The zero-order chi connectivity index (χ0) is 16.2. The van der Waals surface area contributed by atoms with Crippen LogP contribution in [0.15, 0.2) is 29.4 Å². The van der Waals surface area contributed by atoms with E-state index >= 15 is 0 Å². The number of rotatable bonds is 4. The van der Waals surface area contributed by atoms with Crippen LogP contribution in [0.2, 0.25) is 0 Å². The molecule has 0 unspecified atom stereocenters. The molecule has 0 radical (unpaired) electrons. The predicted octanol–water partition coefficient (Wildman–Crippen LogP) is 2.29. The number of carbonyl (C=O) groups is 1. The van der Waals surface area contributed by atoms with Gasteiger partial charge in [0.05, 0.1) is 17.3 Å². The van der Waals surface area contributed by atoms with E-state index in [1.807, 2.05) is 32.3 Å². The number of thioether (sulfide) groups is 1. The van der Waals surface area contributed by atoms with Crippen molar-refractivity contribution in [1.82, 2.24) is 20.0 Å². The molecule has 1 amide bonds. The summed E-state index contributed by atoms with van der Waals surface area (Å²) in [6, 6.07) is 4.12. The number of fused-ring (bicyclic) bond motifs is 2. The van der Waals surface area contributed by atoms with Gasteiger partial charge in [0.2, 0.25) is 5.91 Å². The third-order valence-corrected chi connectivity index (χ3v) is 5.93. The van der Waals surface area contributed by atoms with Crippen LogP contribution >= 0.6 is 24.2 Å². The Kier molecular flexibility index (Phi) is 4.57. The SMILES string of the molecule is CSc1cccn2c(C(C)(C)NC(=O)[C@@H]3[C@@H]4CNC[C@@H]43)ncc12.Cl. The van der Waals surface area contributed by atoms with Crippen LogP contribution in [0.3, 0.4) is 0 Å². The maximum Gasteiger partial charge on any atom is 0.224 e. The summed E-state index contributed by atoms with van der Waals surface area (Å²) in [6.07, 6.45) is 5.97. The van der Waals surface area contributed by atoms with Crippen LogP contribution in [0.1, 0.15) is 19.7 Å². The minimum Gasteiger partial charge on any atom is -0.344 e. The van der Waals surface area contributed by atoms with Crippen LogP contribution in [-0.2, 0) is 10.3 Å². The molecule has 24 heavy (non-hydrogen) atoms. The van der Waals surface area contributed by atoms with Crippen molar-refractivity contribution >= 4 is 35.6 Å². The van der Waals surface area contributed by atoms with E-state index in [-0.39, 0.29) is 24.2 Å². The molecule has 3 atom stereocenters. The Hall–Kier alpha value is -1.24. The first-order valence-corrected chi connectivity index (χ1v) is 9.28. The lowest BCUT2D eigenvalue weighted by Crippen LogP contribution is -2.44. The lowest BCUT2D eigenvalue weighted by atomic mass is 10.0. The van der Waals surface area contributed by atoms with Crippen molar-refractivity contribution in [2.45, 2.75) is 24.3 Å². The van der Waals surface area contributed by atoms with Crippen LogP contribution in [0.5, 0.6) is 0 Å². The largest absolute Gasteiger partial charge is 0.344 e. The van der Waals surface area contributed by atoms with E-state index in [4.69, 9.17) is 0 Å². The number of hydrogen-bond donors (Lipinski definition) is 2. The van der Waals surface area contributed by atoms with Crippen molar-refractivity contribution in [1.29, 1.82) is 0 Å². The summed E-state index contributed by atoms with van der Waals surface area (Å²) in [5.41, 5.74) is 0.593. The fourth-order valence-corrected chi connectivity index (χ4v) is 4.46. The van der Waals surface area contributed by atoms with Crippen molar-refractivity contribution in [2.24, 2.45) is 17.8 Å². The summed E-state index contributed by atoms with van der Waals surface area (Å²) >= 11 is 1.71. The van der Waals surface area contributed by atoms with Gasteiger partial charge in [0, 0.05) is 17.0 Å². The normalized spacial score (nSPS) is 25.2. The number of piperidine rings is 1. The van der Waals surface area contributed by atoms with Crippen molar-refractivity contribution in [2.75, 3.05) is 19.3 Å². The number of aromatic nitrogens is 2. The number of carbonyl (C=O) groups excluding carboxylic acids is 1. The fourth-order valence-electron chi connectivity index (χ4n) is 3.89. The first-order valence-electron chi connectivity index (χ1n) is 8.06. The van der Waals surface area contributed by atoms with Gasteiger partial charge in [-0.25, -0.2) is 4.98 Å². The van der Waals surface area contributed by atoms with Crippen LogP contribution in [0.4, 0.5) is 0 Å². The van der Waals surface area contributed by atoms with E-state index in [9.17, 15) is 4.79 Å². The van der Waals surface area contributed by atoms with Crippen LogP contribution in [-0.4, -0.2) is 34.6 Å². The molecule has 2 aromatic rings. The second-order valence-electron chi connectivity index (χ2n) is 7.04. The Morgan fingerprint density at radius 2 is 2.12 bits per heavy atom. The molecule has 2 aliphatic rings. The quantitative estimate of drug-likeness (QED) is 0.815. The number of halogens is 1. The van der Waals surface area contributed by atoms with Gasteiger partial charge in [0.15, 0.2) is 0 Å². The van der Waals surface area contributed by atoms with E-state index in [1.54, 1.807) is 11.8 Å². The molecule has 1 saturated heterocycles. The van der Waals surface area contributed by atoms with Gasteiger partial charge >= 0.3 is 0 Å². The van der Waals surface area contributed by atoms with Gasteiger partial charge in [-0.05, 0) is 57.2 Å². The summed E-state index contributed by atoms with van der Waals surface area (Å²) in [7, 11) is 0. The van der Waals surface area contributed by atoms with Gasteiger partial charge in [-0.1, -0.05) is 0 Å². The predicted molar refractivity (Wildman–Crippen MR) is 98.7 cm³/mol. The number of nitrogens with one attached hydrogen (secondary N) is 2. The summed E-state index contributed by atoms with van der Waals surface area (Å²) < 4.78 is 2.08. The lowest BCUT2D eigenvalue weighted by Gasteiger charge is -2.26. The Morgan fingerprint density at radius 1 is 1.42 bits per heavy atom. The first kappa shape index (κ1) is 17.6. The Labute approximate surface area is 152 Å². The monoisotopic (exact) mass is 366 g/mol. The van der Waals surface area contributed by atoms with Crippen molar-refractivity contribution < 1.29 is 4.79 Å². The Balaban J connectivity index is 0.00000169. The standard InChI is InChI=1S/C17H22N4OS.ClH/c1-17(2,20-15(22)14-10-7-18-8-11(10)14)16-19-9-12-13(23-3)5-4-6-21(12)16;/h4-6,9-11,14,18H,7-8H2,1-3H3,(H,20,22);1H/t10-,11+,14-;. The highest BCUT2D eigenvalue weighted by atomic mass is 35.5. The summed E-state index contributed by atoms with van der Waals surface area (Å²) in [4.78, 5) is 18.4. The number of amides is 1. The third kappa shape index (κ3) is 2.70. The van der Waals surface area contributed by atoms with E-state index in [1.165, 1.54) is 4.90 Å². The highest BCUT2D eigenvalue weighted by Gasteiger charge is 2.57. The molecule has 0 spiro atoms. The third-order valence-electron chi connectivity index (χ3n) is 5.14. The van der Waals surface area contributed by atoms with Gasteiger partial charge in [-0.15, -0.1) is 24.2 Å². The van der Waals surface area contributed by atoms with Gasteiger partial charge < -0.3 is 15.0 Å². The molecule has 2 fully saturated rings. The summed E-state index contributed by atoms with van der Waals surface area (Å²) in [5, 5.41) is 6.56. The lowest BCUT2D eigenvalue weighted by molar-refractivity contribution is -0.124. The topological polar surface area (TPSA) is 58.4 Å². The zero-order valence-corrected chi connectivity index (χ0v) is 15.7. The van der Waals surface area contributed by atoms with E-state index in [0.717, 1.165) is 24.4 Å². The molecule has 2 N–H and O–H groups in total. The molecule has 1 aliphatic carbocycles. The molecule has 7 heteroatoms. The van der Waals surface area contributed by atoms with Crippen LogP contribution in [0, 0.1) is 17.8 Å². The first-order chi connectivity index (χ1) is 11.0. The molecule has 1 saturated carbocycles. The molecule has 0 bridgehead atoms. The van der Waals surface area contributed by atoms with Crippen LogP contribution < -0.4 is 10.6 Å². The second kappa shape index (κ2) is 6.24. The number of nitrogens with zero attached hydrogens (tertiary/aromatic N) is 2. The van der Waals surface area contributed by atoms with Gasteiger partial charge in [0.25, 0.3) is 0 Å². The minimum atomic E-state index is -0.495. The van der Waals surface area contributed by atoms with Crippen LogP contribution in [0.25, 0.3) is 5.52 Å². The van der Waals surface area contributed by atoms with Crippen molar-refractivity contribution in [3.05, 3.63) is 30.4 Å². The van der Waals surface area contributed by atoms with E-state index in [0.29, 0.717) is 11.8 Å². The van der Waals surface area contributed by atoms with Gasteiger partial charge in [0.1, 0.15) is 5.82 Å². The van der Waals surface area contributed by atoms with Crippen molar-refractivity contribution in [3.8, 4) is 0 Å². The number of imidazole rings is 1. The smallest absolute Gasteiger partial charge is 0.224 e. The second-order valence-corrected chi connectivity index (χ2v) is 7.89. The molecular formula is C17H23ClN4OS. The van der Waals surface area contributed by atoms with Gasteiger partial charge in [-0.3, -0.25) is 4.79 Å². The molecular weight excluding hydrogens is 344 g/mol. The summed E-state index contributed by atoms with van der Waals surface area (Å²) in [5.74, 6) is 2.30. The average molecular weight is 367 g/mol. The molecule has 130 valence electrons. The summed E-state index contributed by atoms with van der Waals surface area (Å²) in [6.45, 7) is 6.02. The van der Waals surface area contributed by atoms with E-state index < -0.39 is 5.54 Å². The molecule has 2 aromatic heterocycles. The highest BCUT2D eigenvalue weighted by molar-refractivity contribution is 7.98. The Bertz CT molecular complexity index is 765. The molecule has 4 rings (SSSR count). The molecule has 0 aromatic carbocycles. The highest BCUT2D eigenvalue weighted by Crippen LogP contribution is 2.49. The molecule has 5 nitrogen and oxygen atoms in total. The maximum atomic E-state index is 12.6. The fraction of sp³-hybridized carbons (Fsp3) is 0.529. The number of hydrogen-bond acceptors (Lipinski definition) is 4. The molecule has 1 aliphatic heterocycles. The Morgan fingerprint density at radius 3 is 2.79 bits per heavy atom. The minimum absolute atomic E-state index is 0. The number of pyridine rings is 1. The maximum absolute atomic E-state index is 12.6. The zero-order valence-electron chi connectivity index (χ0n) is 14.1. The molecule has 3 heterocycles.